The lowest BCUT2D eigenvalue weighted by Gasteiger charge is -2.71. The number of aliphatic hydroxyl groups is 3. The molecule has 0 aromatic heterocycles. The zero-order valence-corrected chi connectivity index (χ0v) is 28.2. The van der Waals surface area contributed by atoms with E-state index in [1.807, 2.05) is 0 Å². The first kappa shape index (κ1) is 33.4. The predicted molar refractivity (Wildman–Crippen MR) is 166 cm³/mol. The fraction of sp³-hybridized carbons (Fsp3) is 0.889. The summed E-state index contributed by atoms with van der Waals surface area (Å²) >= 11 is 0. The highest BCUT2D eigenvalue weighted by Crippen LogP contribution is 2.76. The average Bonchev–Trinajstić information content (AvgIpc) is 2.94. The molecular formula is C36H56O9. The molecular weight excluding hydrogens is 576 g/mol. The van der Waals surface area contributed by atoms with E-state index < -0.39 is 48.1 Å². The Morgan fingerprint density at radius 3 is 2.13 bits per heavy atom. The van der Waals surface area contributed by atoms with Crippen LogP contribution in [-0.2, 0) is 19.1 Å². The first-order valence-corrected chi connectivity index (χ1v) is 17.3. The van der Waals surface area contributed by atoms with E-state index in [1.54, 1.807) is 0 Å². The number of carbonyl (C=O) groups is 2. The number of rotatable bonds is 4. The van der Waals surface area contributed by atoms with Crippen molar-refractivity contribution < 1.29 is 44.6 Å². The lowest BCUT2D eigenvalue weighted by atomic mass is 9.33. The summed E-state index contributed by atoms with van der Waals surface area (Å²) in [6.45, 7) is 16.4. The van der Waals surface area contributed by atoms with E-state index in [0.717, 1.165) is 57.8 Å². The van der Waals surface area contributed by atoms with Crippen LogP contribution < -0.4 is 0 Å². The molecule has 6 aliphatic rings. The lowest BCUT2D eigenvalue weighted by Crippen LogP contribution is -2.66. The van der Waals surface area contributed by atoms with Crippen molar-refractivity contribution in [3.05, 3.63) is 11.6 Å². The second kappa shape index (κ2) is 10.5. The van der Waals surface area contributed by atoms with E-state index in [2.05, 4.69) is 54.5 Å². The predicted octanol–water partition coefficient (Wildman–Crippen LogP) is 5.15. The molecule has 13 atom stereocenters. The van der Waals surface area contributed by atoms with E-state index in [-0.39, 0.29) is 39.1 Å². The van der Waals surface area contributed by atoms with Crippen molar-refractivity contribution in [2.75, 3.05) is 0 Å². The van der Waals surface area contributed by atoms with Crippen molar-refractivity contribution in [2.24, 2.45) is 50.2 Å². The number of carboxylic acid groups (broad SMARTS) is 2. The van der Waals surface area contributed by atoms with Crippen LogP contribution in [0.25, 0.3) is 0 Å². The van der Waals surface area contributed by atoms with E-state index in [9.17, 15) is 35.1 Å². The third-order valence-electron chi connectivity index (χ3n) is 15.1. The Hall–Kier alpha value is -1.52. The van der Waals surface area contributed by atoms with Crippen LogP contribution in [0.1, 0.15) is 113 Å². The van der Waals surface area contributed by atoms with Crippen molar-refractivity contribution in [3.8, 4) is 0 Å². The molecule has 0 aromatic carbocycles. The second-order valence-corrected chi connectivity index (χ2v) is 17.9. The third-order valence-corrected chi connectivity index (χ3v) is 15.1. The van der Waals surface area contributed by atoms with Gasteiger partial charge in [-0.05, 0) is 109 Å². The number of hydrogen-bond donors (Lipinski definition) is 5. The van der Waals surface area contributed by atoms with Gasteiger partial charge in [0.2, 0.25) is 0 Å². The molecule has 4 saturated carbocycles. The van der Waals surface area contributed by atoms with Crippen LogP contribution >= 0.6 is 0 Å². The van der Waals surface area contributed by atoms with Crippen molar-refractivity contribution in [2.45, 2.75) is 149 Å². The fourth-order valence-electron chi connectivity index (χ4n) is 12.2. The maximum atomic E-state index is 12.9. The van der Waals surface area contributed by atoms with Crippen LogP contribution in [0.4, 0.5) is 0 Å². The Morgan fingerprint density at radius 1 is 0.822 bits per heavy atom. The van der Waals surface area contributed by atoms with Gasteiger partial charge in [-0.25, -0.2) is 4.79 Å². The minimum absolute atomic E-state index is 0.0000841. The highest BCUT2D eigenvalue weighted by molar-refractivity contribution is 5.76. The molecule has 6 rings (SSSR count). The molecule has 1 aliphatic heterocycles. The van der Waals surface area contributed by atoms with Crippen LogP contribution in [0.3, 0.4) is 0 Å². The maximum absolute atomic E-state index is 12.9. The van der Waals surface area contributed by atoms with Crippen molar-refractivity contribution in [1.29, 1.82) is 0 Å². The maximum Gasteiger partial charge on any atom is 0.335 e. The second-order valence-electron chi connectivity index (χ2n) is 17.9. The molecule has 0 radical (unpaired) electrons. The molecule has 5 fully saturated rings. The van der Waals surface area contributed by atoms with Crippen LogP contribution in [0.15, 0.2) is 11.6 Å². The number of fused-ring (bicyclic) bond motifs is 7. The minimum atomic E-state index is -1.75. The van der Waals surface area contributed by atoms with Crippen LogP contribution in [0.2, 0.25) is 0 Å². The highest BCUT2D eigenvalue weighted by atomic mass is 16.7. The number of hydrogen-bond acceptors (Lipinski definition) is 7. The lowest BCUT2D eigenvalue weighted by molar-refractivity contribution is -0.324. The quantitative estimate of drug-likeness (QED) is 0.209. The van der Waals surface area contributed by atoms with Gasteiger partial charge in [0.25, 0.3) is 0 Å². The smallest absolute Gasteiger partial charge is 0.335 e. The Morgan fingerprint density at radius 2 is 1.49 bits per heavy atom. The first-order chi connectivity index (χ1) is 20.7. The molecule has 0 aromatic rings. The van der Waals surface area contributed by atoms with Crippen molar-refractivity contribution in [1.82, 2.24) is 0 Å². The average molecular weight is 633 g/mol. The monoisotopic (exact) mass is 632 g/mol. The topological polar surface area (TPSA) is 154 Å². The minimum Gasteiger partial charge on any atom is -0.481 e. The molecule has 0 unspecified atom stereocenters. The summed E-state index contributed by atoms with van der Waals surface area (Å²) in [7, 11) is 0. The molecule has 9 nitrogen and oxygen atoms in total. The Labute approximate surface area is 267 Å². The first-order valence-electron chi connectivity index (χ1n) is 17.3. The van der Waals surface area contributed by atoms with E-state index in [1.165, 1.54) is 5.57 Å². The van der Waals surface area contributed by atoms with Gasteiger partial charge in [-0.2, -0.15) is 0 Å². The van der Waals surface area contributed by atoms with Gasteiger partial charge in [-0.15, -0.1) is 0 Å². The molecule has 9 heteroatoms. The van der Waals surface area contributed by atoms with Crippen LogP contribution in [0.5, 0.6) is 0 Å². The van der Waals surface area contributed by atoms with Crippen molar-refractivity contribution >= 4 is 11.9 Å². The van der Waals surface area contributed by atoms with Gasteiger partial charge in [0.1, 0.15) is 18.3 Å². The molecule has 254 valence electrons. The third kappa shape index (κ3) is 4.57. The molecule has 0 amide bonds. The zero-order chi connectivity index (χ0) is 33.1. The Kier molecular flexibility index (Phi) is 7.78. The Balaban J connectivity index is 1.29. The number of aliphatic hydroxyl groups excluding tert-OH is 3. The van der Waals surface area contributed by atoms with Gasteiger partial charge in [0.05, 0.1) is 11.5 Å². The summed E-state index contributed by atoms with van der Waals surface area (Å²) < 4.78 is 11.9. The normalized spacial score (nSPS) is 51.9. The van der Waals surface area contributed by atoms with Gasteiger partial charge in [0.15, 0.2) is 12.4 Å². The van der Waals surface area contributed by atoms with Gasteiger partial charge < -0.3 is 35.0 Å². The molecule has 0 bridgehead atoms. The summed E-state index contributed by atoms with van der Waals surface area (Å²) in [6.07, 6.45) is 2.94. The van der Waals surface area contributed by atoms with Crippen LogP contribution in [-0.4, -0.2) is 74.3 Å². The number of aliphatic carboxylic acids is 2. The zero-order valence-electron chi connectivity index (χ0n) is 28.2. The Bertz CT molecular complexity index is 1260. The van der Waals surface area contributed by atoms with Gasteiger partial charge in [-0.3, -0.25) is 4.79 Å². The summed E-state index contributed by atoms with van der Waals surface area (Å²) in [5.41, 5.74) is 0.508. The standard InChI is InChI=1S/C36H56O9/c1-31(2)14-16-36(30(42)43)17-15-34(6)19(20(36)18-31)8-9-22-33(5)12-11-23(32(3,4)21(33)10-13-35(22,34)7)44-29-26(39)24(37)25(38)27(45-29)28(40)41/h8,20-27,29,37-39H,9-18H2,1-7H3,(H,40,41)(H,42,43)/t20-,21-,22+,23+,24+,25+,26-,27+,29-,33+,34-,35-,36+/m1/s1. The number of carboxylic acids is 2. The number of allylic oxidation sites excluding steroid dienone is 2. The highest BCUT2D eigenvalue weighted by Gasteiger charge is 2.69. The van der Waals surface area contributed by atoms with Gasteiger partial charge in [-0.1, -0.05) is 60.1 Å². The summed E-state index contributed by atoms with van der Waals surface area (Å²) in [4.78, 5) is 24.6. The number of ether oxygens (including phenoxy) is 2. The van der Waals surface area contributed by atoms with E-state index in [0.29, 0.717) is 18.3 Å². The summed E-state index contributed by atoms with van der Waals surface area (Å²) in [5, 5.41) is 51.4. The van der Waals surface area contributed by atoms with Crippen molar-refractivity contribution in [3.63, 3.8) is 0 Å². The van der Waals surface area contributed by atoms with Crippen LogP contribution in [0, 0.1) is 50.2 Å². The molecule has 1 heterocycles. The molecule has 5 N–H and O–H groups in total. The van der Waals surface area contributed by atoms with Gasteiger partial charge >= 0.3 is 11.9 Å². The molecule has 45 heavy (non-hydrogen) atoms. The SMILES string of the molecule is CC1(C)CC[C@]2(C(=O)O)CC[C@]3(C)C(=CC[C@H]4[C@@]5(C)CC[C@H](O[C@@H]6O[C@H](C(=O)O)[C@@H](O)[C@H](O)[C@H]6O)C(C)(C)[C@H]5CC[C@]43C)[C@H]2C1. The molecule has 1 saturated heterocycles. The molecule has 0 spiro atoms. The largest absolute Gasteiger partial charge is 0.481 e. The van der Waals surface area contributed by atoms with E-state index >= 15 is 0 Å². The summed E-state index contributed by atoms with van der Waals surface area (Å²) in [6, 6.07) is 0. The summed E-state index contributed by atoms with van der Waals surface area (Å²) in [5.74, 6) is -1.24. The fourth-order valence-corrected chi connectivity index (χ4v) is 12.2. The van der Waals surface area contributed by atoms with Gasteiger partial charge in [0, 0.05) is 0 Å². The molecule has 5 aliphatic carbocycles. The van der Waals surface area contributed by atoms with E-state index in [4.69, 9.17) is 9.47 Å².